The zero-order valence-corrected chi connectivity index (χ0v) is 47.5. The molecule has 12 unspecified atom stereocenters. The molecule has 29 heteroatoms. The fourth-order valence-corrected chi connectivity index (χ4v) is 13.1. The van der Waals surface area contributed by atoms with Gasteiger partial charge in [-0.2, -0.15) is 0 Å². The molecule has 27 atom stereocenters. The lowest BCUT2D eigenvalue weighted by atomic mass is 9.73. The van der Waals surface area contributed by atoms with Crippen molar-refractivity contribution in [1.29, 1.82) is 0 Å². The third kappa shape index (κ3) is 17.3. The molecule has 4 heterocycles. The van der Waals surface area contributed by atoms with Crippen molar-refractivity contribution in [1.82, 2.24) is 0 Å². The van der Waals surface area contributed by atoms with Crippen LogP contribution in [0.4, 0.5) is 0 Å². The van der Waals surface area contributed by atoms with Crippen molar-refractivity contribution < 1.29 is 142 Å². The molecule has 0 aromatic heterocycles. The molecular weight excluding hydrogens is 1140 g/mol. The van der Waals surface area contributed by atoms with Crippen molar-refractivity contribution >= 4 is 23.9 Å². The van der Waals surface area contributed by atoms with Crippen molar-refractivity contribution in [2.24, 2.45) is 23.7 Å². The van der Waals surface area contributed by atoms with Crippen LogP contribution >= 0.6 is 0 Å². The SMILES string of the molecule is COC1CC(C=CC(=O)OC[C@H]2O[C@@H](O[C@H]3[C@H](OC4CC5C(O[C@@H]6O[C@H](COC(=O)CC(=O)O)[C@@H](O)[C@H](O)[C@H]6O)CC(O)CC5[OH+]C4C4CCC(O)CC4)O[C@H](COC(=O)C=CC4CCC(O)C(OC)C4)[C@@H](O)[C@@H]3O)[C@H](O)[C@@H](O)[C@@H]2O)CCC1O. The van der Waals surface area contributed by atoms with E-state index in [2.05, 4.69) is 0 Å². The van der Waals surface area contributed by atoms with Gasteiger partial charge in [-0.15, -0.1) is 0 Å². The Morgan fingerprint density at radius 2 is 0.965 bits per heavy atom. The fourth-order valence-electron chi connectivity index (χ4n) is 13.1. The van der Waals surface area contributed by atoms with E-state index < -0.39 is 209 Å². The third-order valence-electron chi connectivity index (χ3n) is 18.0. The standard InChI is InChI=1S/C56H86O29/c1-74-34-15-24(3-11-30(34)59)5-13-41(63)76-21-37-44(66)48(70)51(73)55(83-37)85-53-49(71)46(68)39(22-77-42(64)14-6-25-4-12-31(60)35(16-25)75-2)84-56(53)81-36-19-29-32(79-52(36)26-7-9-27(57)10-8-26)17-28(58)18-33(29)80-54-50(72)47(69)45(67)38(82-54)23-78-43(65)20-40(61)62/h5-6,13-14,24-39,44-60,66-73H,3-4,7-12,15-23H2,1-2H3,(H,61,62)/p+1/t24?,25?,26?,27?,28?,29?,30?,31?,32?,33?,34?,35?,36?,37-,38-,39-,44-,45-,46-,47+,48+,49+,50-,51-,52?,53-,54-,55+,56-/m1/s1. The van der Waals surface area contributed by atoms with Crippen LogP contribution in [0.2, 0.25) is 0 Å². The molecule has 8 aliphatic rings. The van der Waals surface area contributed by atoms with Crippen LogP contribution in [0.5, 0.6) is 0 Å². The molecule has 85 heavy (non-hydrogen) atoms. The molecule has 4 saturated carbocycles. The average Bonchev–Trinajstić information content (AvgIpc) is 1.23. The average molecular weight is 1220 g/mol. The molecular formula is C56H87O29+. The molecule has 0 bridgehead atoms. The number of carboxylic acids is 1. The quantitative estimate of drug-likeness (QED) is 0.0170. The van der Waals surface area contributed by atoms with E-state index in [-0.39, 0.29) is 37.0 Å². The van der Waals surface area contributed by atoms with E-state index in [9.17, 15) is 80.5 Å². The van der Waals surface area contributed by atoms with Crippen LogP contribution in [0.3, 0.4) is 0 Å². The first-order valence-electron chi connectivity index (χ1n) is 29.4. The first-order valence-corrected chi connectivity index (χ1v) is 29.4. The summed E-state index contributed by atoms with van der Waals surface area (Å²) in [5.41, 5.74) is 0. The highest BCUT2D eigenvalue weighted by Crippen LogP contribution is 2.45. The van der Waals surface area contributed by atoms with Crippen LogP contribution in [0.1, 0.15) is 89.9 Å². The lowest BCUT2D eigenvalue weighted by molar-refractivity contribution is -0.389. The van der Waals surface area contributed by atoms with Gasteiger partial charge in [-0.1, -0.05) is 12.2 Å². The summed E-state index contributed by atoms with van der Waals surface area (Å²) in [5, 5.41) is 142. The molecule has 0 amide bonds. The number of esters is 3. The van der Waals surface area contributed by atoms with E-state index in [1.165, 1.54) is 26.4 Å². The second-order valence-corrected chi connectivity index (χ2v) is 23.9. The Hall–Kier alpha value is -3.48. The third-order valence-corrected chi connectivity index (χ3v) is 18.0. The Morgan fingerprint density at radius 1 is 0.482 bits per heavy atom. The number of aliphatic hydroxyl groups excluding tert-OH is 12. The van der Waals surface area contributed by atoms with Crippen LogP contribution in [-0.4, -0.2) is 282 Å². The summed E-state index contributed by atoms with van der Waals surface area (Å²) in [6.07, 6.45) is -25.4. The molecule has 0 spiro atoms. The van der Waals surface area contributed by atoms with Crippen molar-refractivity contribution in [3.8, 4) is 0 Å². The summed E-state index contributed by atoms with van der Waals surface area (Å²) < 4.78 is 69.4. The number of hydrogen-bond acceptors (Lipinski definition) is 27. The summed E-state index contributed by atoms with van der Waals surface area (Å²) in [5.74, 6) is -5.56. The fraction of sp³-hybridized carbons (Fsp3) is 0.857. The number of aliphatic carboxylic acids is 1. The molecule has 4 aliphatic heterocycles. The first kappa shape index (κ1) is 67.5. The predicted molar refractivity (Wildman–Crippen MR) is 281 cm³/mol. The number of hydrogen-bond donors (Lipinski definition) is 13. The van der Waals surface area contributed by atoms with Gasteiger partial charge in [-0.3, -0.25) is 9.59 Å². The van der Waals surface area contributed by atoms with Crippen LogP contribution in [-0.2, 0) is 71.3 Å². The van der Waals surface area contributed by atoms with Crippen molar-refractivity contribution in [3.05, 3.63) is 24.3 Å². The number of methoxy groups -OCH3 is 2. The number of carbonyl (C=O) groups is 4. The number of aliphatic hydroxyl groups is 14. The Bertz CT molecular complexity index is 2220. The van der Waals surface area contributed by atoms with Gasteiger partial charge in [0.1, 0.15) is 106 Å². The van der Waals surface area contributed by atoms with Gasteiger partial charge >= 0.3 is 23.9 Å². The van der Waals surface area contributed by atoms with Crippen molar-refractivity contribution in [2.75, 3.05) is 34.0 Å². The smallest absolute Gasteiger partial charge is 0.330 e. The maximum Gasteiger partial charge on any atom is 0.330 e. The van der Waals surface area contributed by atoms with Gasteiger partial charge in [0.15, 0.2) is 31.1 Å². The number of allylic oxidation sites excluding steroid dienone is 2. The Kier molecular flexibility index (Phi) is 24.5. The zero-order chi connectivity index (χ0) is 61.4. The largest absolute Gasteiger partial charge is 0.481 e. The molecule has 4 aliphatic carbocycles. The number of ether oxygens (including phenoxy) is 12. The Labute approximate surface area is 490 Å². The van der Waals surface area contributed by atoms with Gasteiger partial charge in [0, 0.05) is 45.1 Å². The predicted octanol–water partition coefficient (Wildman–Crippen LogP) is -4.24. The van der Waals surface area contributed by atoms with Crippen LogP contribution in [0, 0.1) is 23.7 Å². The lowest BCUT2D eigenvalue weighted by Gasteiger charge is -2.50. The molecule has 29 nitrogen and oxygen atoms in total. The maximum absolute atomic E-state index is 13.2. The van der Waals surface area contributed by atoms with E-state index in [1.807, 2.05) is 0 Å². The van der Waals surface area contributed by atoms with E-state index in [0.29, 0.717) is 64.2 Å². The Balaban J connectivity index is 1.03. The summed E-state index contributed by atoms with van der Waals surface area (Å²) in [7, 11) is 2.96. The molecule has 0 aromatic rings. The summed E-state index contributed by atoms with van der Waals surface area (Å²) >= 11 is 0. The molecule has 4 saturated heterocycles. The second-order valence-electron chi connectivity index (χ2n) is 23.9. The van der Waals surface area contributed by atoms with Gasteiger partial charge in [0.05, 0.1) is 48.6 Å². The highest BCUT2D eigenvalue weighted by Gasteiger charge is 2.58. The minimum Gasteiger partial charge on any atom is -0.481 e. The molecule has 14 N–H and O–H groups in total. The number of fused-ring (bicyclic) bond motifs is 1. The topological polar surface area (TPSA) is 446 Å². The van der Waals surface area contributed by atoms with Crippen LogP contribution in [0.15, 0.2) is 24.3 Å². The normalized spacial score (nSPS) is 45.4. The van der Waals surface area contributed by atoms with Crippen LogP contribution < -0.4 is 0 Å². The second kappa shape index (κ2) is 30.8. The molecule has 0 aromatic carbocycles. The van der Waals surface area contributed by atoms with Gasteiger partial charge in [-0.25, -0.2) is 9.59 Å². The number of carbonyl (C=O) groups excluding carboxylic acids is 3. The minimum absolute atomic E-state index is 0.0162. The number of carboxylic acid groups (broad SMARTS) is 1. The van der Waals surface area contributed by atoms with Gasteiger partial charge in [0.25, 0.3) is 0 Å². The molecule has 8 fully saturated rings. The summed E-state index contributed by atoms with van der Waals surface area (Å²) in [4.78, 5) is 49.4. The minimum atomic E-state index is -2.05. The molecule has 8 rings (SSSR count). The van der Waals surface area contributed by atoms with E-state index in [4.69, 9.17) is 61.9 Å². The maximum atomic E-state index is 13.2. The summed E-state index contributed by atoms with van der Waals surface area (Å²) in [6.45, 7) is -2.07. The van der Waals surface area contributed by atoms with Gasteiger partial charge in [0.2, 0.25) is 0 Å². The van der Waals surface area contributed by atoms with E-state index in [0.717, 1.165) is 0 Å². The van der Waals surface area contributed by atoms with Gasteiger partial charge in [-0.05, 0) is 82.5 Å². The monoisotopic (exact) mass is 1220 g/mol. The highest BCUT2D eigenvalue weighted by atomic mass is 16.8. The Morgan fingerprint density at radius 3 is 1.48 bits per heavy atom. The molecule has 484 valence electrons. The number of rotatable bonds is 21. The lowest BCUT2D eigenvalue weighted by Crippen LogP contribution is -2.66. The highest BCUT2D eigenvalue weighted by molar-refractivity contribution is 5.90. The molecule has 0 radical (unpaired) electrons. The van der Waals surface area contributed by atoms with E-state index >= 15 is 0 Å². The van der Waals surface area contributed by atoms with Gasteiger partial charge < -0.3 is 123 Å². The van der Waals surface area contributed by atoms with Crippen molar-refractivity contribution in [2.45, 2.75) is 243 Å². The van der Waals surface area contributed by atoms with Crippen LogP contribution in [0.25, 0.3) is 0 Å². The van der Waals surface area contributed by atoms with E-state index in [1.54, 1.807) is 12.2 Å². The first-order chi connectivity index (χ1) is 40.5. The van der Waals surface area contributed by atoms with Crippen molar-refractivity contribution in [3.63, 3.8) is 0 Å². The zero-order valence-electron chi connectivity index (χ0n) is 47.5. The summed E-state index contributed by atoms with van der Waals surface area (Å²) in [6, 6.07) is 0.